The Kier molecular flexibility index (Phi) is 6.45. The number of benzene rings is 1. The Hall–Kier alpha value is -2.96. The normalized spacial score (nSPS) is 10.4. The van der Waals surface area contributed by atoms with Crippen molar-refractivity contribution in [2.24, 2.45) is 5.92 Å². The maximum atomic E-state index is 12.2. The second-order valence-corrected chi connectivity index (χ2v) is 5.82. The van der Waals surface area contributed by atoms with E-state index in [0.29, 0.717) is 35.3 Å². The van der Waals surface area contributed by atoms with Crippen molar-refractivity contribution in [3.63, 3.8) is 0 Å². The highest BCUT2D eigenvalue weighted by Crippen LogP contribution is 2.12. The molecule has 132 valence electrons. The molecule has 0 radical (unpaired) electrons. The Balaban J connectivity index is 1.96. The summed E-state index contributed by atoms with van der Waals surface area (Å²) in [7, 11) is 0. The number of carbonyl (C=O) groups is 2. The predicted octanol–water partition coefficient (Wildman–Crippen LogP) is 2.97. The fourth-order valence-corrected chi connectivity index (χ4v) is 1.94. The summed E-state index contributed by atoms with van der Waals surface area (Å²) in [6, 6.07) is 6.49. The van der Waals surface area contributed by atoms with Gasteiger partial charge in [0.1, 0.15) is 0 Å². The number of nitrogens with one attached hydrogen (secondary N) is 2. The Morgan fingerprint density at radius 2 is 1.72 bits per heavy atom. The van der Waals surface area contributed by atoms with Crippen LogP contribution in [0, 0.1) is 5.92 Å². The number of esters is 1. The first kappa shape index (κ1) is 18.4. The summed E-state index contributed by atoms with van der Waals surface area (Å²) in [5, 5.41) is 5.82. The van der Waals surface area contributed by atoms with Gasteiger partial charge in [0.25, 0.3) is 5.91 Å². The number of rotatable bonds is 7. The average molecular weight is 342 g/mol. The first-order valence-electron chi connectivity index (χ1n) is 8.14. The molecule has 7 heteroatoms. The highest BCUT2D eigenvalue weighted by atomic mass is 16.5. The van der Waals surface area contributed by atoms with Crippen LogP contribution in [0.4, 0.5) is 11.6 Å². The molecule has 2 aromatic rings. The van der Waals surface area contributed by atoms with Crippen LogP contribution >= 0.6 is 0 Å². The molecule has 0 aliphatic heterocycles. The van der Waals surface area contributed by atoms with Crippen molar-refractivity contribution < 1.29 is 14.3 Å². The van der Waals surface area contributed by atoms with Crippen LogP contribution in [0.2, 0.25) is 0 Å². The van der Waals surface area contributed by atoms with E-state index in [2.05, 4.69) is 34.4 Å². The number of nitrogens with zero attached hydrogens (tertiary/aromatic N) is 2. The van der Waals surface area contributed by atoms with Crippen LogP contribution in [0.15, 0.2) is 36.7 Å². The Morgan fingerprint density at radius 1 is 1.08 bits per heavy atom. The monoisotopic (exact) mass is 342 g/mol. The summed E-state index contributed by atoms with van der Waals surface area (Å²) in [5.74, 6) is 0.255. The molecule has 1 amide bonds. The van der Waals surface area contributed by atoms with Crippen molar-refractivity contribution in [2.75, 3.05) is 23.8 Å². The number of carbonyl (C=O) groups excluding carboxylic acids is 2. The topological polar surface area (TPSA) is 93.2 Å². The van der Waals surface area contributed by atoms with E-state index < -0.39 is 5.97 Å². The summed E-state index contributed by atoms with van der Waals surface area (Å²) < 4.78 is 4.92. The van der Waals surface area contributed by atoms with E-state index >= 15 is 0 Å². The molecule has 0 spiro atoms. The third-order valence-electron chi connectivity index (χ3n) is 3.24. The van der Waals surface area contributed by atoms with Gasteiger partial charge in [-0.3, -0.25) is 4.79 Å². The minimum absolute atomic E-state index is 0.319. The van der Waals surface area contributed by atoms with E-state index in [0.717, 1.165) is 6.54 Å². The minimum atomic E-state index is -0.390. The number of hydrogen-bond donors (Lipinski definition) is 2. The molecule has 0 bridgehead atoms. The Morgan fingerprint density at radius 3 is 2.28 bits per heavy atom. The van der Waals surface area contributed by atoms with Gasteiger partial charge in [0, 0.05) is 24.6 Å². The van der Waals surface area contributed by atoms with Gasteiger partial charge in [0.2, 0.25) is 5.95 Å². The first-order valence-corrected chi connectivity index (χ1v) is 8.14. The van der Waals surface area contributed by atoms with Crippen LogP contribution in [-0.4, -0.2) is 35.0 Å². The van der Waals surface area contributed by atoms with E-state index in [-0.39, 0.29) is 5.91 Å². The molecule has 0 aliphatic rings. The van der Waals surface area contributed by atoms with Crippen LogP contribution in [0.3, 0.4) is 0 Å². The van der Waals surface area contributed by atoms with Crippen LogP contribution < -0.4 is 10.6 Å². The lowest BCUT2D eigenvalue weighted by Gasteiger charge is -2.08. The molecule has 2 rings (SSSR count). The van der Waals surface area contributed by atoms with E-state index in [9.17, 15) is 9.59 Å². The van der Waals surface area contributed by atoms with Gasteiger partial charge < -0.3 is 15.4 Å². The Labute approximate surface area is 146 Å². The SMILES string of the molecule is CCOC(=O)c1ccc(NC(=O)c2cnc(NCC(C)C)nc2)cc1. The highest BCUT2D eigenvalue weighted by molar-refractivity contribution is 6.04. The molecule has 0 saturated heterocycles. The predicted molar refractivity (Wildman–Crippen MR) is 95.7 cm³/mol. The molecule has 1 aromatic carbocycles. The van der Waals surface area contributed by atoms with Gasteiger partial charge in [-0.25, -0.2) is 14.8 Å². The van der Waals surface area contributed by atoms with Crippen molar-refractivity contribution in [3.05, 3.63) is 47.8 Å². The van der Waals surface area contributed by atoms with Crippen LogP contribution in [0.1, 0.15) is 41.5 Å². The molecule has 1 heterocycles. The van der Waals surface area contributed by atoms with Crippen molar-refractivity contribution in [3.8, 4) is 0 Å². The zero-order chi connectivity index (χ0) is 18.2. The maximum Gasteiger partial charge on any atom is 0.338 e. The van der Waals surface area contributed by atoms with E-state index in [4.69, 9.17) is 4.74 Å². The third-order valence-corrected chi connectivity index (χ3v) is 3.24. The van der Waals surface area contributed by atoms with Gasteiger partial charge in [0.05, 0.1) is 17.7 Å². The van der Waals surface area contributed by atoms with Gasteiger partial charge in [0.15, 0.2) is 0 Å². The summed E-state index contributed by atoms with van der Waals surface area (Å²) in [5.41, 5.74) is 1.35. The van der Waals surface area contributed by atoms with Crippen molar-refractivity contribution in [2.45, 2.75) is 20.8 Å². The lowest BCUT2D eigenvalue weighted by Crippen LogP contribution is -2.15. The molecule has 1 aromatic heterocycles. The third kappa shape index (κ3) is 5.56. The number of ether oxygens (including phenoxy) is 1. The molecule has 0 aliphatic carbocycles. The first-order chi connectivity index (χ1) is 12.0. The van der Waals surface area contributed by atoms with Crippen molar-refractivity contribution >= 4 is 23.5 Å². The average Bonchev–Trinajstić information content (AvgIpc) is 2.61. The summed E-state index contributed by atoms with van der Waals surface area (Å²) in [6.07, 6.45) is 2.94. The van der Waals surface area contributed by atoms with Gasteiger partial charge in [-0.05, 0) is 37.1 Å². The van der Waals surface area contributed by atoms with Crippen molar-refractivity contribution in [1.82, 2.24) is 9.97 Å². The zero-order valence-electron chi connectivity index (χ0n) is 14.6. The van der Waals surface area contributed by atoms with Crippen LogP contribution in [0.25, 0.3) is 0 Å². The molecular weight excluding hydrogens is 320 g/mol. The number of hydrogen-bond acceptors (Lipinski definition) is 6. The standard InChI is InChI=1S/C18H22N4O3/c1-4-25-17(24)13-5-7-15(8-6-13)22-16(23)14-10-20-18(21-11-14)19-9-12(2)3/h5-8,10-12H,4,9H2,1-3H3,(H,22,23)(H,19,20,21). The number of amides is 1. The molecule has 0 unspecified atom stereocenters. The summed E-state index contributed by atoms with van der Waals surface area (Å²) >= 11 is 0. The second-order valence-electron chi connectivity index (χ2n) is 5.82. The number of aromatic nitrogens is 2. The Bertz CT molecular complexity index is 712. The van der Waals surface area contributed by atoms with Gasteiger partial charge >= 0.3 is 5.97 Å². The van der Waals surface area contributed by atoms with Crippen LogP contribution in [-0.2, 0) is 4.74 Å². The zero-order valence-corrected chi connectivity index (χ0v) is 14.6. The molecule has 7 nitrogen and oxygen atoms in total. The fourth-order valence-electron chi connectivity index (χ4n) is 1.94. The highest BCUT2D eigenvalue weighted by Gasteiger charge is 2.10. The molecule has 0 atom stereocenters. The second kappa shape index (κ2) is 8.77. The fraction of sp³-hybridized carbons (Fsp3) is 0.333. The quantitative estimate of drug-likeness (QED) is 0.752. The van der Waals surface area contributed by atoms with E-state index in [1.165, 1.54) is 12.4 Å². The number of anilines is 2. The van der Waals surface area contributed by atoms with Gasteiger partial charge in [-0.2, -0.15) is 0 Å². The lowest BCUT2D eigenvalue weighted by molar-refractivity contribution is 0.0526. The van der Waals surface area contributed by atoms with E-state index in [1.54, 1.807) is 31.2 Å². The van der Waals surface area contributed by atoms with Crippen LogP contribution in [0.5, 0.6) is 0 Å². The molecule has 2 N–H and O–H groups in total. The largest absolute Gasteiger partial charge is 0.462 e. The molecular formula is C18H22N4O3. The minimum Gasteiger partial charge on any atom is -0.462 e. The molecule has 25 heavy (non-hydrogen) atoms. The smallest absolute Gasteiger partial charge is 0.338 e. The van der Waals surface area contributed by atoms with Gasteiger partial charge in [-0.15, -0.1) is 0 Å². The molecule has 0 saturated carbocycles. The summed E-state index contributed by atoms with van der Waals surface area (Å²) in [4.78, 5) is 32.1. The van der Waals surface area contributed by atoms with Crippen molar-refractivity contribution in [1.29, 1.82) is 0 Å². The lowest BCUT2D eigenvalue weighted by atomic mass is 10.2. The van der Waals surface area contributed by atoms with E-state index in [1.807, 2.05) is 0 Å². The summed E-state index contributed by atoms with van der Waals surface area (Å²) in [6.45, 7) is 7.00. The maximum absolute atomic E-state index is 12.2. The van der Waals surface area contributed by atoms with Gasteiger partial charge in [-0.1, -0.05) is 13.8 Å². The molecule has 0 fully saturated rings.